The minimum absolute atomic E-state index is 0.414. The molecule has 0 radical (unpaired) electrons. The molecule has 0 heterocycles. The first-order chi connectivity index (χ1) is 8.49. The molecule has 0 spiro atoms. The van der Waals surface area contributed by atoms with Crippen LogP contribution >= 0.6 is 0 Å². The maximum absolute atomic E-state index is 12.1. The summed E-state index contributed by atoms with van der Waals surface area (Å²) >= 11 is 0. The molecule has 1 amide bonds. The van der Waals surface area contributed by atoms with Gasteiger partial charge in [0.05, 0.1) is 19.8 Å². The lowest BCUT2D eigenvalue weighted by Crippen LogP contribution is -2.57. The number of aliphatic hydroxyl groups excluding tert-OH is 3. The molecule has 100 valence electrons. The fraction of sp³-hybridized carbons (Fsp3) is 0.462. The quantitative estimate of drug-likeness (QED) is 0.582. The Morgan fingerprint density at radius 1 is 1.11 bits per heavy atom. The zero-order chi connectivity index (χ0) is 13.8. The number of rotatable bonds is 5. The van der Waals surface area contributed by atoms with Crippen LogP contribution in [-0.2, 0) is 0 Å². The van der Waals surface area contributed by atoms with Gasteiger partial charge < -0.3 is 20.6 Å². The van der Waals surface area contributed by atoms with Crippen LogP contribution in [0, 0.1) is 13.8 Å². The molecule has 5 nitrogen and oxygen atoms in total. The second-order valence-corrected chi connectivity index (χ2v) is 4.48. The van der Waals surface area contributed by atoms with Gasteiger partial charge in [-0.05, 0) is 25.0 Å². The largest absolute Gasteiger partial charge is 0.394 e. The monoisotopic (exact) mass is 253 g/mol. The average Bonchev–Trinajstić information content (AvgIpc) is 2.36. The van der Waals surface area contributed by atoms with Gasteiger partial charge in [0, 0.05) is 5.56 Å². The minimum Gasteiger partial charge on any atom is -0.394 e. The lowest BCUT2D eigenvalue weighted by Gasteiger charge is -2.29. The summed E-state index contributed by atoms with van der Waals surface area (Å²) < 4.78 is 0. The van der Waals surface area contributed by atoms with Crippen molar-refractivity contribution >= 4 is 5.91 Å². The molecule has 0 aliphatic rings. The number of carbonyl (C=O) groups is 1. The Hall–Kier alpha value is -1.43. The molecule has 0 aromatic heterocycles. The Bertz CT molecular complexity index is 398. The van der Waals surface area contributed by atoms with Crippen LogP contribution in [0.5, 0.6) is 0 Å². The summed E-state index contributed by atoms with van der Waals surface area (Å²) in [5, 5.41) is 30.0. The summed E-state index contributed by atoms with van der Waals surface area (Å²) in [4.78, 5) is 12.1. The summed E-state index contributed by atoms with van der Waals surface area (Å²) in [7, 11) is 0. The van der Waals surface area contributed by atoms with Gasteiger partial charge in [-0.1, -0.05) is 18.2 Å². The minimum atomic E-state index is -1.40. The number of carbonyl (C=O) groups excluding carboxylic acids is 1. The number of aliphatic hydroxyl groups is 3. The fourth-order valence-corrected chi connectivity index (χ4v) is 1.74. The lowest BCUT2D eigenvalue weighted by atomic mass is 9.99. The van der Waals surface area contributed by atoms with E-state index in [1.807, 2.05) is 6.07 Å². The van der Waals surface area contributed by atoms with Crippen molar-refractivity contribution in [2.45, 2.75) is 19.4 Å². The van der Waals surface area contributed by atoms with E-state index in [0.717, 1.165) is 11.1 Å². The van der Waals surface area contributed by atoms with Gasteiger partial charge in [-0.15, -0.1) is 0 Å². The Balaban J connectivity index is 3.02. The molecule has 0 aliphatic heterocycles. The van der Waals surface area contributed by atoms with Crippen LogP contribution in [0.2, 0.25) is 0 Å². The Labute approximate surface area is 106 Å². The first-order valence-electron chi connectivity index (χ1n) is 5.71. The highest BCUT2D eigenvalue weighted by molar-refractivity contribution is 5.97. The highest BCUT2D eigenvalue weighted by Gasteiger charge is 2.31. The van der Waals surface area contributed by atoms with Crippen molar-refractivity contribution < 1.29 is 20.1 Å². The molecule has 1 rings (SSSR count). The zero-order valence-corrected chi connectivity index (χ0v) is 10.6. The molecule has 0 bridgehead atoms. The van der Waals surface area contributed by atoms with Gasteiger partial charge in [0.1, 0.15) is 5.54 Å². The van der Waals surface area contributed by atoms with Gasteiger partial charge in [0.15, 0.2) is 0 Å². The van der Waals surface area contributed by atoms with Gasteiger partial charge in [-0.25, -0.2) is 0 Å². The smallest absolute Gasteiger partial charge is 0.252 e. The summed E-state index contributed by atoms with van der Waals surface area (Å²) in [5.41, 5.74) is 0.703. The number of benzene rings is 1. The van der Waals surface area contributed by atoms with E-state index in [2.05, 4.69) is 5.32 Å². The number of aryl methyl sites for hydroxylation is 2. The topological polar surface area (TPSA) is 89.8 Å². The summed E-state index contributed by atoms with van der Waals surface area (Å²) in [5.74, 6) is -0.414. The Kier molecular flexibility index (Phi) is 4.84. The molecule has 5 heteroatoms. The van der Waals surface area contributed by atoms with Crippen molar-refractivity contribution in [3.8, 4) is 0 Å². The normalized spacial score (nSPS) is 11.4. The average molecular weight is 253 g/mol. The molecule has 0 unspecified atom stereocenters. The molecule has 18 heavy (non-hydrogen) atoms. The van der Waals surface area contributed by atoms with Gasteiger partial charge in [0.2, 0.25) is 0 Å². The van der Waals surface area contributed by atoms with E-state index in [4.69, 9.17) is 0 Å². The SMILES string of the molecule is Cc1cccc(C)c1C(=O)NC(CO)(CO)CO. The number of amides is 1. The van der Waals surface area contributed by atoms with Crippen LogP contribution in [-0.4, -0.2) is 46.6 Å². The maximum atomic E-state index is 12.1. The highest BCUT2D eigenvalue weighted by Crippen LogP contribution is 2.14. The van der Waals surface area contributed by atoms with Gasteiger partial charge in [-0.2, -0.15) is 0 Å². The van der Waals surface area contributed by atoms with Crippen LogP contribution in [0.1, 0.15) is 21.5 Å². The third-order valence-corrected chi connectivity index (χ3v) is 2.99. The fourth-order valence-electron chi connectivity index (χ4n) is 1.74. The molecular formula is C13H19NO4. The summed E-state index contributed by atoms with van der Waals surface area (Å²) in [6.07, 6.45) is 0. The van der Waals surface area contributed by atoms with Crippen LogP contribution in [0.15, 0.2) is 18.2 Å². The van der Waals surface area contributed by atoms with Crippen LogP contribution in [0.25, 0.3) is 0 Å². The van der Waals surface area contributed by atoms with Crippen molar-refractivity contribution in [1.82, 2.24) is 5.32 Å². The first-order valence-corrected chi connectivity index (χ1v) is 5.71. The van der Waals surface area contributed by atoms with Gasteiger partial charge in [0.25, 0.3) is 5.91 Å². The van der Waals surface area contributed by atoms with E-state index in [9.17, 15) is 20.1 Å². The molecule has 0 fully saturated rings. The highest BCUT2D eigenvalue weighted by atomic mass is 16.3. The number of hydrogen-bond donors (Lipinski definition) is 4. The van der Waals surface area contributed by atoms with Gasteiger partial charge in [-0.3, -0.25) is 4.79 Å². The van der Waals surface area contributed by atoms with E-state index < -0.39 is 31.3 Å². The summed E-state index contributed by atoms with van der Waals surface area (Å²) in [6, 6.07) is 5.46. The molecule has 0 saturated heterocycles. The molecule has 0 aliphatic carbocycles. The second kappa shape index (κ2) is 5.95. The van der Waals surface area contributed by atoms with E-state index in [1.54, 1.807) is 26.0 Å². The van der Waals surface area contributed by atoms with Crippen LogP contribution < -0.4 is 5.32 Å². The molecule has 0 atom stereocenters. The van der Waals surface area contributed by atoms with Gasteiger partial charge >= 0.3 is 0 Å². The van der Waals surface area contributed by atoms with Crippen molar-refractivity contribution in [3.05, 3.63) is 34.9 Å². The standard InChI is InChI=1S/C13H19NO4/c1-9-4-3-5-10(2)11(9)12(18)14-13(6-15,7-16)8-17/h3-5,15-17H,6-8H2,1-2H3,(H,14,18). The van der Waals surface area contributed by atoms with Crippen molar-refractivity contribution in [2.75, 3.05) is 19.8 Å². The number of nitrogens with one attached hydrogen (secondary N) is 1. The van der Waals surface area contributed by atoms with E-state index >= 15 is 0 Å². The lowest BCUT2D eigenvalue weighted by molar-refractivity contribution is 0.0374. The molecular weight excluding hydrogens is 234 g/mol. The molecule has 1 aromatic carbocycles. The third-order valence-electron chi connectivity index (χ3n) is 2.99. The number of hydrogen-bond acceptors (Lipinski definition) is 4. The van der Waals surface area contributed by atoms with E-state index in [1.165, 1.54) is 0 Å². The van der Waals surface area contributed by atoms with Crippen LogP contribution in [0.3, 0.4) is 0 Å². The zero-order valence-electron chi connectivity index (χ0n) is 10.6. The van der Waals surface area contributed by atoms with E-state index in [-0.39, 0.29) is 0 Å². The second-order valence-electron chi connectivity index (χ2n) is 4.48. The maximum Gasteiger partial charge on any atom is 0.252 e. The Morgan fingerprint density at radius 2 is 1.56 bits per heavy atom. The molecule has 4 N–H and O–H groups in total. The van der Waals surface area contributed by atoms with Crippen molar-refractivity contribution in [1.29, 1.82) is 0 Å². The van der Waals surface area contributed by atoms with Crippen molar-refractivity contribution in [3.63, 3.8) is 0 Å². The predicted molar refractivity (Wildman–Crippen MR) is 67.4 cm³/mol. The van der Waals surface area contributed by atoms with Crippen LogP contribution in [0.4, 0.5) is 0 Å². The Morgan fingerprint density at radius 3 is 1.94 bits per heavy atom. The molecule has 1 aromatic rings. The first kappa shape index (κ1) is 14.6. The molecule has 0 saturated carbocycles. The summed E-state index contributed by atoms with van der Waals surface area (Å²) in [6.45, 7) is 2.02. The third kappa shape index (κ3) is 2.87. The van der Waals surface area contributed by atoms with E-state index in [0.29, 0.717) is 5.56 Å². The van der Waals surface area contributed by atoms with Crippen molar-refractivity contribution in [2.24, 2.45) is 0 Å². The predicted octanol–water partition coefficient (Wildman–Crippen LogP) is -0.251.